The molecule has 3 heteroatoms. The van der Waals surface area contributed by atoms with Gasteiger partial charge in [0, 0.05) is 0 Å². The van der Waals surface area contributed by atoms with E-state index in [2.05, 4.69) is 84.3 Å². The number of benzene rings is 4. The summed E-state index contributed by atoms with van der Waals surface area (Å²) >= 11 is 1.13. The number of rotatable bonds is 1. The van der Waals surface area contributed by atoms with E-state index in [4.69, 9.17) is 0 Å². The van der Waals surface area contributed by atoms with E-state index >= 15 is 0 Å². The van der Waals surface area contributed by atoms with Crippen molar-refractivity contribution >= 4 is 62.5 Å². The maximum absolute atomic E-state index is 2.48. The van der Waals surface area contributed by atoms with Gasteiger partial charge in [0.1, 0.15) is 0 Å². The molecule has 0 saturated heterocycles. The van der Waals surface area contributed by atoms with Gasteiger partial charge in [-0.05, 0) is 0 Å². The Balaban J connectivity index is 1.49. The molecule has 0 atom stereocenters. The topological polar surface area (TPSA) is 4.93 Å². The first-order valence-electron chi connectivity index (χ1n) is 11.0. The first-order chi connectivity index (χ1) is 15.3. The molecular formula is C28H25NSe2. The minimum absolute atomic E-state index is 0.563. The zero-order valence-electron chi connectivity index (χ0n) is 17.7. The first kappa shape index (κ1) is 19.6. The number of fused-ring (bicyclic) bond motifs is 5. The van der Waals surface area contributed by atoms with Crippen LogP contribution in [0.15, 0.2) is 72.8 Å². The van der Waals surface area contributed by atoms with E-state index in [1.165, 1.54) is 76.1 Å². The van der Waals surface area contributed by atoms with Crippen LogP contribution in [0.3, 0.4) is 0 Å². The fraction of sp³-hybridized carbons (Fsp3) is 0.214. The average molecular weight is 533 g/mol. The Bertz CT molecular complexity index is 1320. The fourth-order valence-corrected chi connectivity index (χ4v) is 9.10. The Labute approximate surface area is 196 Å². The van der Waals surface area contributed by atoms with Gasteiger partial charge in [0.25, 0.3) is 0 Å². The van der Waals surface area contributed by atoms with Crippen molar-refractivity contribution in [2.75, 3.05) is 0 Å². The number of hydrogen-bond donors (Lipinski definition) is 0. The molecule has 0 saturated carbocycles. The molecule has 0 fully saturated rings. The number of aromatic nitrogens is 1. The predicted molar refractivity (Wildman–Crippen MR) is 135 cm³/mol. The first-order valence-corrected chi connectivity index (χ1v) is 15.8. The molecule has 0 aliphatic carbocycles. The molecule has 0 radical (unpaired) electrons. The van der Waals surface area contributed by atoms with E-state index in [-0.39, 0.29) is 0 Å². The Morgan fingerprint density at radius 2 is 1.13 bits per heavy atom. The number of aryl methyl sites for hydroxylation is 1. The van der Waals surface area contributed by atoms with Gasteiger partial charge in [0.15, 0.2) is 0 Å². The molecule has 1 aromatic heterocycles. The van der Waals surface area contributed by atoms with Crippen molar-refractivity contribution < 1.29 is 0 Å². The van der Waals surface area contributed by atoms with Gasteiger partial charge in [-0.2, -0.15) is 0 Å². The van der Waals surface area contributed by atoms with Crippen molar-refractivity contribution in [1.82, 2.24) is 4.57 Å². The van der Waals surface area contributed by atoms with E-state index in [0.29, 0.717) is 29.9 Å². The van der Waals surface area contributed by atoms with Crippen LogP contribution in [0.1, 0.15) is 29.2 Å². The SMILES string of the molecule is CCn1c2ccc3cc2c2cc(ccc21)C[Se]Cc1ccc(c2ccccc12)C[Se]C3. The van der Waals surface area contributed by atoms with Gasteiger partial charge in [0.05, 0.1) is 0 Å². The molecule has 2 aliphatic rings. The van der Waals surface area contributed by atoms with E-state index in [9.17, 15) is 0 Å². The van der Waals surface area contributed by atoms with E-state index in [1.54, 1.807) is 0 Å². The molecular weight excluding hydrogens is 508 g/mol. The molecule has 2 aliphatic heterocycles. The van der Waals surface area contributed by atoms with Gasteiger partial charge in [-0.3, -0.25) is 0 Å². The van der Waals surface area contributed by atoms with Crippen LogP contribution in [0.2, 0.25) is 0 Å². The summed E-state index contributed by atoms with van der Waals surface area (Å²) in [7, 11) is 0. The van der Waals surface area contributed by atoms with Crippen molar-refractivity contribution in [3.8, 4) is 0 Å². The van der Waals surface area contributed by atoms with Crippen molar-refractivity contribution in [2.24, 2.45) is 0 Å². The van der Waals surface area contributed by atoms with Crippen LogP contribution in [0.4, 0.5) is 0 Å². The zero-order chi connectivity index (χ0) is 20.8. The molecule has 6 bridgehead atoms. The van der Waals surface area contributed by atoms with E-state index in [0.717, 1.165) is 6.54 Å². The van der Waals surface area contributed by atoms with Gasteiger partial charge < -0.3 is 0 Å². The number of hydrogen-bond acceptors (Lipinski definition) is 0. The van der Waals surface area contributed by atoms with Crippen LogP contribution >= 0.6 is 0 Å². The standard InChI is InChI=1S/C28H25NSe2/c1-2-29-27-11-7-19-13-25(27)26-14-20(8-12-28(26)29)16-31-18-22-10-9-21(17-30-15-19)23-5-3-4-6-24(22)23/h3-14H,2,15-18H2,1H3. The summed E-state index contributed by atoms with van der Waals surface area (Å²) in [6, 6.07) is 28.3. The molecule has 31 heavy (non-hydrogen) atoms. The summed E-state index contributed by atoms with van der Waals surface area (Å²) < 4.78 is 2.48. The Morgan fingerprint density at radius 3 is 1.61 bits per heavy atom. The summed E-state index contributed by atoms with van der Waals surface area (Å²) in [4.78, 5) is 0. The second-order valence-corrected chi connectivity index (χ2v) is 12.5. The zero-order valence-corrected chi connectivity index (χ0v) is 21.2. The van der Waals surface area contributed by atoms with E-state index < -0.39 is 0 Å². The van der Waals surface area contributed by atoms with Crippen LogP contribution in [-0.2, 0) is 27.8 Å². The van der Waals surface area contributed by atoms with E-state index in [1.807, 2.05) is 0 Å². The third kappa shape index (κ3) is 3.45. The third-order valence-corrected chi connectivity index (χ3v) is 10.9. The van der Waals surface area contributed by atoms with Gasteiger partial charge in [-0.1, -0.05) is 0 Å². The van der Waals surface area contributed by atoms with Crippen LogP contribution in [0.5, 0.6) is 0 Å². The van der Waals surface area contributed by atoms with Crippen LogP contribution in [0.25, 0.3) is 32.6 Å². The van der Waals surface area contributed by atoms with Gasteiger partial charge >= 0.3 is 197 Å². The second-order valence-electron chi connectivity index (χ2n) is 8.36. The molecule has 154 valence electrons. The molecule has 0 spiro atoms. The summed E-state index contributed by atoms with van der Waals surface area (Å²) in [5.74, 6) is 0. The van der Waals surface area contributed by atoms with Gasteiger partial charge in [-0.25, -0.2) is 0 Å². The molecule has 4 aromatic carbocycles. The Hall–Kier alpha value is -2.02. The normalized spacial score (nSPS) is 14.6. The fourth-order valence-electron chi connectivity index (χ4n) is 4.95. The van der Waals surface area contributed by atoms with Crippen molar-refractivity contribution in [3.05, 3.63) is 95.1 Å². The molecule has 0 unspecified atom stereocenters. The Morgan fingerprint density at radius 1 is 0.613 bits per heavy atom. The van der Waals surface area contributed by atoms with Gasteiger partial charge in [0.2, 0.25) is 0 Å². The molecule has 0 N–H and O–H groups in total. The predicted octanol–water partition coefficient (Wildman–Crippen LogP) is 6.09. The monoisotopic (exact) mass is 535 g/mol. The van der Waals surface area contributed by atoms with Crippen LogP contribution in [0, 0.1) is 0 Å². The third-order valence-electron chi connectivity index (χ3n) is 6.47. The van der Waals surface area contributed by atoms with Crippen LogP contribution in [-0.4, -0.2) is 34.5 Å². The summed E-state index contributed by atoms with van der Waals surface area (Å²) in [6.45, 7) is 3.28. The molecule has 0 amide bonds. The molecule has 1 nitrogen and oxygen atoms in total. The quantitative estimate of drug-likeness (QED) is 0.230. The van der Waals surface area contributed by atoms with Gasteiger partial charge in [-0.15, -0.1) is 0 Å². The second kappa shape index (κ2) is 8.15. The Kier molecular flexibility index (Phi) is 5.17. The van der Waals surface area contributed by atoms with Crippen molar-refractivity contribution in [2.45, 2.75) is 34.7 Å². The van der Waals surface area contributed by atoms with Crippen molar-refractivity contribution in [3.63, 3.8) is 0 Å². The van der Waals surface area contributed by atoms with Crippen LogP contribution < -0.4 is 0 Å². The molecule has 3 heterocycles. The minimum atomic E-state index is 0.563. The molecule has 7 rings (SSSR count). The number of nitrogens with zero attached hydrogens (tertiary/aromatic N) is 1. The average Bonchev–Trinajstić information content (AvgIpc) is 3.12. The van der Waals surface area contributed by atoms with Crippen molar-refractivity contribution in [1.29, 1.82) is 0 Å². The maximum atomic E-state index is 2.48. The summed E-state index contributed by atoms with van der Waals surface area (Å²) in [5, 5.41) is 10.6. The molecule has 5 aromatic rings. The summed E-state index contributed by atoms with van der Waals surface area (Å²) in [5.41, 5.74) is 8.82. The summed E-state index contributed by atoms with van der Waals surface area (Å²) in [6.07, 6.45) is 0.